The quantitative estimate of drug-likeness (QED) is 0.528. The molecule has 0 rings (SSSR count). The lowest BCUT2D eigenvalue weighted by Gasteiger charge is -2.00. The summed E-state index contributed by atoms with van der Waals surface area (Å²) < 4.78 is 0. The van der Waals surface area contributed by atoms with Gasteiger partial charge in [0.1, 0.15) is 0 Å². The molecule has 0 nitrogen and oxygen atoms in total. The van der Waals surface area contributed by atoms with Crippen LogP contribution in [0.25, 0.3) is 0 Å². The molecule has 0 bridgehead atoms. The van der Waals surface area contributed by atoms with Crippen LogP contribution in [-0.2, 0) is 0 Å². The zero-order chi connectivity index (χ0) is 9.40. The van der Waals surface area contributed by atoms with Crippen molar-refractivity contribution in [1.82, 2.24) is 0 Å². The van der Waals surface area contributed by atoms with Crippen molar-refractivity contribution in [3.8, 4) is 0 Å². The van der Waals surface area contributed by atoms with Gasteiger partial charge in [-0.05, 0) is 26.2 Å². The summed E-state index contributed by atoms with van der Waals surface area (Å²) in [6.45, 7) is 8.86. The number of allylic oxidation sites excluding steroid dienone is 4. The molecule has 0 spiro atoms. The highest BCUT2D eigenvalue weighted by molar-refractivity contribution is 5.16. The van der Waals surface area contributed by atoms with Crippen LogP contribution in [0.5, 0.6) is 0 Å². The molecule has 0 fully saturated rings. The van der Waals surface area contributed by atoms with Crippen LogP contribution in [-0.4, -0.2) is 0 Å². The maximum atomic E-state index is 2.29. The van der Waals surface area contributed by atoms with Crippen LogP contribution in [0.3, 0.4) is 0 Å². The van der Waals surface area contributed by atoms with Crippen molar-refractivity contribution in [2.45, 2.75) is 53.4 Å². The van der Waals surface area contributed by atoms with Crippen LogP contribution < -0.4 is 0 Å². The van der Waals surface area contributed by atoms with Crippen LogP contribution in [0.4, 0.5) is 0 Å². The third-order valence-electron chi connectivity index (χ3n) is 2.19. The Balaban J connectivity index is 4.09. The highest BCUT2D eigenvalue weighted by Crippen LogP contribution is 2.10. The fourth-order valence-corrected chi connectivity index (χ4v) is 1.08. The summed E-state index contributed by atoms with van der Waals surface area (Å²) in [6.07, 6.45) is 9.43. The molecule has 0 aromatic carbocycles. The van der Waals surface area contributed by atoms with Gasteiger partial charge in [-0.3, -0.25) is 0 Å². The van der Waals surface area contributed by atoms with Gasteiger partial charge in [0.25, 0.3) is 0 Å². The average molecular weight is 166 g/mol. The molecule has 0 aliphatic rings. The fraction of sp³-hybridized carbons (Fsp3) is 0.667. The minimum Gasteiger partial charge on any atom is -0.0736 e. The van der Waals surface area contributed by atoms with Crippen molar-refractivity contribution < 1.29 is 0 Å². The smallest absolute Gasteiger partial charge is 0.0320 e. The summed E-state index contributed by atoms with van der Waals surface area (Å²) in [4.78, 5) is 0. The molecule has 0 aromatic heterocycles. The molecule has 0 amide bonds. The monoisotopic (exact) mass is 166 g/mol. The van der Waals surface area contributed by atoms with Crippen molar-refractivity contribution in [2.75, 3.05) is 0 Å². The lowest BCUT2D eigenvalue weighted by atomic mass is 10.1. The van der Waals surface area contributed by atoms with Gasteiger partial charge >= 0.3 is 0 Å². The molecule has 0 saturated carbocycles. The van der Waals surface area contributed by atoms with Crippen molar-refractivity contribution in [2.24, 2.45) is 0 Å². The maximum Gasteiger partial charge on any atom is -0.0320 e. The molecule has 70 valence electrons. The predicted octanol–water partition coefficient (Wildman–Crippen LogP) is 4.48. The summed E-state index contributed by atoms with van der Waals surface area (Å²) in [5.41, 5.74) is 3.04. The second-order valence-corrected chi connectivity index (χ2v) is 3.30. The van der Waals surface area contributed by atoms with E-state index in [0.29, 0.717) is 0 Å². The van der Waals surface area contributed by atoms with Gasteiger partial charge in [-0.1, -0.05) is 50.5 Å². The molecule has 0 atom stereocenters. The third kappa shape index (κ3) is 5.17. The van der Waals surface area contributed by atoms with E-state index in [4.69, 9.17) is 0 Å². The Morgan fingerprint density at radius 1 is 1.00 bits per heavy atom. The van der Waals surface area contributed by atoms with Crippen LogP contribution in [0.1, 0.15) is 53.4 Å². The Kier molecular flexibility index (Phi) is 6.84. The molecular weight excluding hydrogens is 144 g/mol. The lowest BCUT2D eigenvalue weighted by molar-refractivity contribution is 0.858. The maximum absolute atomic E-state index is 2.29. The van der Waals surface area contributed by atoms with Gasteiger partial charge in [-0.25, -0.2) is 0 Å². The number of rotatable bonds is 5. The molecule has 0 unspecified atom stereocenters. The van der Waals surface area contributed by atoms with Crippen LogP contribution in [0.2, 0.25) is 0 Å². The van der Waals surface area contributed by atoms with Gasteiger partial charge in [-0.15, -0.1) is 0 Å². The van der Waals surface area contributed by atoms with Gasteiger partial charge in [0.15, 0.2) is 0 Å². The van der Waals surface area contributed by atoms with Gasteiger partial charge in [0, 0.05) is 0 Å². The summed E-state index contributed by atoms with van der Waals surface area (Å²) >= 11 is 0. The first-order valence-electron chi connectivity index (χ1n) is 5.09. The van der Waals surface area contributed by atoms with Gasteiger partial charge in [-0.2, -0.15) is 0 Å². The van der Waals surface area contributed by atoms with Crippen LogP contribution >= 0.6 is 0 Å². The summed E-state index contributed by atoms with van der Waals surface area (Å²) in [5.74, 6) is 0. The van der Waals surface area contributed by atoms with Crippen molar-refractivity contribution >= 4 is 0 Å². The summed E-state index contributed by atoms with van der Waals surface area (Å²) in [5, 5.41) is 0. The second-order valence-electron chi connectivity index (χ2n) is 3.30. The Bertz CT molecular complexity index is 161. The molecule has 0 N–H and O–H groups in total. The van der Waals surface area contributed by atoms with Crippen molar-refractivity contribution in [1.29, 1.82) is 0 Å². The molecule has 12 heavy (non-hydrogen) atoms. The molecule has 0 heterocycles. The first kappa shape index (κ1) is 11.5. The van der Waals surface area contributed by atoms with E-state index in [1.54, 1.807) is 5.57 Å². The highest BCUT2D eigenvalue weighted by atomic mass is 14.0. The van der Waals surface area contributed by atoms with E-state index in [2.05, 4.69) is 39.8 Å². The molecule has 0 heteroatoms. The SMILES string of the molecule is CCCC(=CC=C(C)CC)CC. The van der Waals surface area contributed by atoms with Gasteiger partial charge in [0.05, 0.1) is 0 Å². The molecule has 0 aliphatic carbocycles. The Hall–Kier alpha value is -0.520. The van der Waals surface area contributed by atoms with E-state index in [9.17, 15) is 0 Å². The topological polar surface area (TPSA) is 0 Å². The second kappa shape index (κ2) is 7.15. The standard InChI is InChI=1S/C12H22/c1-5-8-12(7-3)10-9-11(4)6-2/h9-10H,5-8H2,1-4H3. The normalized spacial score (nSPS) is 13.7. The van der Waals surface area contributed by atoms with Crippen molar-refractivity contribution in [3.63, 3.8) is 0 Å². The van der Waals surface area contributed by atoms with E-state index < -0.39 is 0 Å². The van der Waals surface area contributed by atoms with Crippen LogP contribution in [0.15, 0.2) is 23.3 Å². The Labute approximate surface area is 77.4 Å². The van der Waals surface area contributed by atoms with E-state index in [0.717, 1.165) is 0 Å². The molecule has 0 radical (unpaired) electrons. The fourth-order valence-electron chi connectivity index (χ4n) is 1.08. The van der Waals surface area contributed by atoms with Crippen LogP contribution in [0, 0.1) is 0 Å². The zero-order valence-electron chi connectivity index (χ0n) is 8.98. The largest absolute Gasteiger partial charge is 0.0736 e. The third-order valence-corrected chi connectivity index (χ3v) is 2.19. The molecular formula is C12H22. The Morgan fingerprint density at radius 3 is 2.08 bits per heavy atom. The van der Waals surface area contributed by atoms with E-state index in [1.165, 1.54) is 31.3 Å². The molecule has 0 aromatic rings. The first-order valence-corrected chi connectivity index (χ1v) is 5.09. The molecule has 0 aliphatic heterocycles. The zero-order valence-corrected chi connectivity index (χ0v) is 8.98. The minimum atomic E-state index is 1.17. The Morgan fingerprint density at radius 2 is 1.67 bits per heavy atom. The van der Waals surface area contributed by atoms with Crippen molar-refractivity contribution in [3.05, 3.63) is 23.3 Å². The predicted molar refractivity (Wildman–Crippen MR) is 57.3 cm³/mol. The number of hydrogen-bond acceptors (Lipinski definition) is 0. The first-order chi connectivity index (χ1) is 5.74. The molecule has 0 saturated heterocycles. The lowest BCUT2D eigenvalue weighted by Crippen LogP contribution is -1.79. The highest BCUT2D eigenvalue weighted by Gasteiger charge is 1.89. The summed E-state index contributed by atoms with van der Waals surface area (Å²) in [6, 6.07) is 0. The van der Waals surface area contributed by atoms with E-state index in [-0.39, 0.29) is 0 Å². The minimum absolute atomic E-state index is 1.17. The summed E-state index contributed by atoms with van der Waals surface area (Å²) in [7, 11) is 0. The average Bonchev–Trinajstić information content (AvgIpc) is 2.11. The number of hydrogen-bond donors (Lipinski definition) is 0. The van der Waals surface area contributed by atoms with Gasteiger partial charge in [0.2, 0.25) is 0 Å². The van der Waals surface area contributed by atoms with E-state index in [1.807, 2.05) is 0 Å². The van der Waals surface area contributed by atoms with E-state index >= 15 is 0 Å². The van der Waals surface area contributed by atoms with Gasteiger partial charge < -0.3 is 0 Å².